The predicted octanol–water partition coefficient (Wildman–Crippen LogP) is 2.82. The van der Waals surface area contributed by atoms with Crippen LogP contribution in [0.15, 0.2) is 53.3 Å². The van der Waals surface area contributed by atoms with Crippen molar-refractivity contribution in [2.24, 2.45) is 0 Å². The van der Waals surface area contributed by atoms with Crippen LogP contribution in [0.25, 0.3) is 16.7 Å². The molecule has 0 saturated carbocycles. The van der Waals surface area contributed by atoms with Crippen LogP contribution in [0.2, 0.25) is 0 Å². The maximum absolute atomic E-state index is 12.6. The second-order valence-electron chi connectivity index (χ2n) is 4.55. The van der Waals surface area contributed by atoms with Crippen LogP contribution in [0.4, 0.5) is 0 Å². The van der Waals surface area contributed by atoms with Gasteiger partial charge in [-0.2, -0.15) is 0 Å². The molecule has 1 aromatic heterocycles. The first-order valence-corrected chi connectivity index (χ1v) is 6.61. The van der Waals surface area contributed by atoms with E-state index in [1.807, 2.05) is 55.5 Å². The van der Waals surface area contributed by atoms with Crippen LogP contribution in [0, 0.1) is 0 Å². The largest absolute Gasteiger partial charge is 0.497 e. The maximum atomic E-state index is 12.6. The van der Waals surface area contributed by atoms with Crippen LogP contribution in [0.3, 0.4) is 0 Å². The lowest BCUT2D eigenvalue weighted by atomic mass is 10.2. The molecule has 2 aromatic carbocycles. The number of nitrogens with zero attached hydrogens (tertiary/aromatic N) is 2. The summed E-state index contributed by atoms with van der Waals surface area (Å²) in [7, 11) is 1.63. The Hall–Kier alpha value is -2.49. The van der Waals surface area contributed by atoms with E-state index in [-0.39, 0.29) is 5.69 Å². The second-order valence-corrected chi connectivity index (χ2v) is 4.55. The average Bonchev–Trinajstić information content (AvgIpc) is 2.79. The minimum absolute atomic E-state index is 0.0149. The van der Waals surface area contributed by atoms with Gasteiger partial charge >= 0.3 is 5.69 Å². The van der Waals surface area contributed by atoms with Gasteiger partial charge in [-0.3, -0.25) is 9.13 Å². The summed E-state index contributed by atoms with van der Waals surface area (Å²) >= 11 is 0. The molecule has 3 aromatic rings. The third-order valence-electron chi connectivity index (χ3n) is 3.48. The molecule has 0 radical (unpaired) electrons. The van der Waals surface area contributed by atoms with Gasteiger partial charge in [0.15, 0.2) is 0 Å². The first-order chi connectivity index (χ1) is 9.76. The van der Waals surface area contributed by atoms with Gasteiger partial charge in [0.2, 0.25) is 0 Å². The van der Waals surface area contributed by atoms with E-state index >= 15 is 0 Å². The minimum Gasteiger partial charge on any atom is -0.497 e. The summed E-state index contributed by atoms with van der Waals surface area (Å²) in [5.74, 6) is 0.779. The van der Waals surface area contributed by atoms with Gasteiger partial charge in [0.25, 0.3) is 0 Å². The lowest BCUT2D eigenvalue weighted by Gasteiger charge is -2.04. The Bertz CT molecular complexity index is 797. The minimum atomic E-state index is -0.0149. The molecular formula is C16H16N2O2. The number of hydrogen-bond acceptors (Lipinski definition) is 2. The lowest BCUT2D eigenvalue weighted by molar-refractivity contribution is 0.414. The normalized spacial score (nSPS) is 10.9. The van der Waals surface area contributed by atoms with Crippen molar-refractivity contribution in [2.45, 2.75) is 13.5 Å². The van der Waals surface area contributed by atoms with Crippen LogP contribution < -0.4 is 10.4 Å². The van der Waals surface area contributed by atoms with Crippen molar-refractivity contribution in [3.05, 3.63) is 59.0 Å². The predicted molar refractivity (Wildman–Crippen MR) is 79.8 cm³/mol. The van der Waals surface area contributed by atoms with E-state index in [2.05, 4.69) is 0 Å². The Morgan fingerprint density at radius 2 is 1.65 bits per heavy atom. The smallest absolute Gasteiger partial charge is 0.333 e. The first kappa shape index (κ1) is 12.5. The third-order valence-corrected chi connectivity index (χ3v) is 3.48. The highest BCUT2D eigenvalue weighted by molar-refractivity contribution is 5.78. The molecule has 4 heteroatoms. The van der Waals surface area contributed by atoms with Gasteiger partial charge in [0.05, 0.1) is 23.8 Å². The van der Waals surface area contributed by atoms with E-state index in [1.165, 1.54) is 0 Å². The van der Waals surface area contributed by atoms with Crippen molar-refractivity contribution in [1.29, 1.82) is 0 Å². The van der Waals surface area contributed by atoms with E-state index < -0.39 is 0 Å². The summed E-state index contributed by atoms with van der Waals surface area (Å²) < 4.78 is 8.67. The molecule has 4 nitrogen and oxygen atoms in total. The molecule has 0 atom stereocenters. The third kappa shape index (κ3) is 1.81. The summed E-state index contributed by atoms with van der Waals surface area (Å²) in [5.41, 5.74) is 2.71. The molecule has 0 spiro atoms. The Kier molecular flexibility index (Phi) is 3.06. The topological polar surface area (TPSA) is 36.2 Å². The summed E-state index contributed by atoms with van der Waals surface area (Å²) in [6.45, 7) is 2.63. The number of aromatic nitrogens is 2. The summed E-state index contributed by atoms with van der Waals surface area (Å²) in [6.07, 6.45) is 0. The molecule has 102 valence electrons. The molecule has 0 aliphatic heterocycles. The number of rotatable bonds is 3. The Balaban J connectivity index is 2.30. The number of benzene rings is 2. The van der Waals surface area contributed by atoms with Gasteiger partial charge in [-0.15, -0.1) is 0 Å². The SMILES string of the molecule is CCn1c(=O)n(-c2ccc(OC)cc2)c2ccccc21. The van der Waals surface area contributed by atoms with Gasteiger partial charge < -0.3 is 4.74 Å². The van der Waals surface area contributed by atoms with Gasteiger partial charge in [0, 0.05) is 6.54 Å². The fourth-order valence-electron chi connectivity index (χ4n) is 2.49. The van der Waals surface area contributed by atoms with Gasteiger partial charge in [-0.05, 0) is 43.3 Å². The fraction of sp³-hybridized carbons (Fsp3) is 0.188. The highest BCUT2D eigenvalue weighted by atomic mass is 16.5. The number of para-hydroxylation sites is 2. The van der Waals surface area contributed by atoms with E-state index in [0.29, 0.717) is 6.54 Å². The van der Waals surface area contributed by atoms with E-state index in [0.717, 1.165) is 22.5 Å². The summed E-state index contributed by atoms with van der Waals surface area (Å²) in [4.78, 5) is 12.6. The van der Waals surface area contributed by atoms with Crippen LogP contribution in [0.1, 0.15) is 6.92 Å². The molecule has 0 N–H and O–H groups in total. The molecule has 0 amide bonds. The zero-order valence-electron chi connectivity index (χ0n) is 11.5. The summed E-state index contributed by atoms with van der Waals surface area (Å²) in [6, 6.07) is 15.3. The van der Waals surface area contributed by atoms with Gasteiger partial charge in [0.1, 0.15) is 5.75 Å². The molecule has 0 saturated heterocycles. The Labute approximate surface area is 116 Å². The van der Waals surface area contributed by atoms with Crippen LogP contribution in [0.5, 0.6) is 5.75 Å². The molecule has 0 aliphatic rings. The van der Waals surface area contributed by atoms with Gasteiger partial charge in [-0.25, -0.2) is 4.79 Å². The number of ether oxygens (including phenoxy) is 1. The highest BCUT2D eigenvalue weighted by Crippen LogP contribution is 2.19. The maximum Gasteiger partial charge on any atom is 0.333 e. The molecule has 0 bridgehead atoms. The number of aryl methyl sites for hydroxylation is 1. The van der Waals surface area contributed by atoms with Crippen molar-refractivity contribution in [1.82, 2.24) is 9.13 Å². The van der Waals surface area contributed by atoms with Crippen molar-refractivity contribution in [3.8, 4) is 11.4 Å². The molecule has 20 heavy (non-hydrogen) atoms. The first-order valence-electron chi connectivity index (χ1n) is 6.61. The van der Waals surface area contributed by atoms with Crippen LogP contribution in [-0.4, -0.2) is 16.2 Å². The molecule has 1 heterocycles. The molecular weight excluding hydrogens is 252 g/mol. The van der Waals surface area contributed by atoms with E-state index in [1.54, 1.807) is 16.2 Å². The number of hydrogen-bond donors (Lipinski definition) is 0. The number of methoxy groups -OCH3 is 1. The zero-order valence-corrected chi connectivity index (χ0v) is 11.5. The quantitative estimate of drug-likeness (QED) is 0.732. The number of imidazole rings is 1. The van der Waals surface area contributed by atoms with Gasteiger partial charge in [-0.1, -0.05) is 12.1 Å². The van der Waals surface area contributed by atoms with E-state index in [9.17, 15) is 4.79 Å². The molecule has 0 fully saturated rings. The monoisotopic (exact) mass is 268 g/mol. The standard InChI is InChI=1S/C16H16N2O2/c1-3-17-14-6-4-5-7-15(14)18(16(17)19)12-8-10-13(20-2)11-9-12/h4-11H,3H2,1-2H3. The Morgan fingerprint density at radius 1 is 1.00 bits per heavy atom. The summed E-state index contributed by atoms with van der Waals surface area (Å²) in [5, 5.41) is 0. The van der Waals surface area contributed by atoms with E-state index in [4.69, 9.17) is 4.74 Å². The molecule has 3 rings (SSSR count). The molecule has 0 aliphatic carbocycles. The lowest BCUT2D eigenvalue weighted by Crippen LogP contribution is -2.22. The second kappa shape index (κ2) is 4.89. The zero-order chi connectivity index (χ0) is 14.1. The van der Waals surface area contributed by atoms with Crippen molar-refractivity contribution < 1.29 is 4.74 Å². The van der Waals surface area contributed by atoms with Crippen LogP contribution in [-0.2, 0) is 6.54 Å². The number of fused-ring (bicyclic) bond motifs is 1. The van der Waals surface area contributed by atoms with Crippen molar-refractivity contribution in [2.75, 3.05) is 7.11 Å². The van der Waals surface area contributed by atoms with Crippen molar-refractivity contribution >= 4 is 11.0 Å². The Morgan fingerprint density at radius 3 is 2.25 bits per heavy atom. The highest BCUT2D eigenvalue weighted by Gasteiger charge is 2.12. The van der Waals surface area contributed by atoms with Crippen molar-refractivity contribution in [3.63, 3.8) is 0 Å². The van der Waals surface area contributed by atoms with Crippen LogP contribution >= 0.6 is 0 Å². The molecule has 0 unspecified atom stereocenters. The average molecular weight is 268 g/mol. The fourth-order valence-corrected chi connectivity index (χ4v) is 2.49.